The standard InChI is InChI=1S/C18H23N5OS/c1-14-10-17(21-24-14)13-23-7-3-6-22(8-9-23)12-16-5-4-15(11-19)18(20-16)25-2/h4-5,10H,3,6-9,12-13H2,1-2H3. The fourth-order valence-corrected chi connectivity index (χ4v) is 3.64. The molecule has 3 rings (SSSR count). The maximum atomic E-state index is 9.12. The second-order valence-corrected chi connectivity index (χ2v) is 7.10. The zero-order chi connectivity index (χ0) is 17.6. The van der Waals surface area contributed by atoms with Crippen LogP contribution in [-0.4, -0.2) is 52.4 Å². The molecule has 1 aliphatic heterocycles. The highest BCUT2D eigenvalue weighted by Crippen LogP contribution is 2.19. The van der Waals surface area contributed by atoms with E-state index in [4.69, 9.17) is 9.78 Å². The Hall–Kier alpha value is -1.88. The van der Waals surface area contributed by atoms with Crippen molar-refractivity contribution in [2.45, 2.75) is 31.5 Å². The molecule has 0 atom stereocenters. The van der Waals surface area contributed by atoms with Gasteiger partial charge >= 0.3 is 0 Å². The maximum Gasteiger partial charge on any atom is 0.133 e. The predicted octanol–water partition coefficient (Wildman–Crippen LogP) is 2.68. The van der Waals surface area contributed by atoms with Crippen molar-refractivity contribution in [2.24, 2.45) is 0 Å². The molecule has 2 aromatic rings. The van der Waals surface area contributed by atoms with Gasteiger partial charge in [0.2, 0.25) is 0 Å². The molecule has 1 aliphatic rings. The summed E-state index contributed by atoms with van der Waals surface area (Å²) in [5.41, 5.74) is 2.69. The first kappa shape index (κ1) is 17.9. The molecule has 0 saturated carbocycles. The van der Waals surface area contributed by atoms with Gasteiger partial charge < -0.3 is 4.52 Å². The minimum absolute atomic E-state index is 0.654. The molecule has 0 aliphatic carbocycles. The number of aromatic nitrogens is 2. The number of pyridine rings is 1. The predicted molar refractivity (Wildman–Crippen MR) is 97.1 cm³/mol. The topological polar surface area (TPSA) is 69.2 Å². The zero-order valence-corrected chi connectivity index (χ0v) is 15.6. The van der Waals surface area contributed by atoms with E-state index < -0.39 is 0 Å². The average Bonchev–Trinajstić information content (AvgIpc) is 2.90. The quantitative estimate of drug-likeness (QED) is 0.762. The Bertz CT molecular complexity index is 754. The molecule has 0 aromatic carbocycles. The van der Waals surface area contributed by atoms with E-state index in [0.29, 0.717) is 5.56 Å². The third-order valence-electron chi connectivity index (χ3n) is 4.36. The molecular weight excluding hydrogens is 334 g/mol. The molecule has 0 spiro atoms. The van der Waals surface area contributed by atoms with Gasteiger partial charge in [-0.3, -0.25) is 9.80 Å². The van der Waals surface area contributed by atoms with Gasteiger partial charge in [0.25, 0.3) is 0 Å². The van der Waals surface area contributed by atoms with Crippen molar-refractivity contribution in [2.75, 3.05) is 32.4 Å². The first-order chi connectivity index (χ1) is 12.2. The Morgan fingerprint density at radius 2 is 1.88 bits per heavy atom. The molecule has 0 unspecified atom stereocenters. The van der Waals surface area contributed by atoms with Crippen LogP contribution >= 0.6 is 11.8 Å². The Kier molecular flexibility index (Phi) is 6.08. The number of hydrogen-bond acceptors (Lipinski definition) is 7. The van der Waals surface area contributed by atoms with Crippen LogP contribution in [0.1, 0.15) is 29.1 Å². The van der Waals surface area contributed by atoms with Gasteiger partial charge in [0.15, 0.2) is 0 Å². The molecule has 0 N–H and O–H groups in total. The summed E-state index contributed by atoms with van der Waals surface area (Å²) in [4.78, 5) is 9.50. The van der Waals surface area contributed by atoms with E-state index in [0.717, 1.165) is 67.9 Å². The van der Waals surface area contributed by atoms with Gasteiger partial charge in [-0.1, -0.05) is 5.16 Å². The van der Waals surface area contributed by atoms with Crippen LogP contribution in [0.4, 0.5) is 0 Å². The van der Waals surface area contributed by atoms with Crippen LogP contribution in [0.2, 0.25) is 0 Å². The highest BCUT2D eigenvalue weighted by atomic mass is 32.2. The Labute approximate surface area is 152 Å². The summed E-state index contributed by atoms with van der Waals surface area (Å²) >= 11 is 1.53. The van der Waals surface area contributed by atoms with Crippen molar-refractivity contribution in [1.29, 1.82) is 5.26 Å². The molecular formula is C18H23N5OS. The van der Waals surface area contributed by atoms with E-state index in [1.54, 1.807) is 0 Å². The number of nitriles is 1. The number of rotatable bonds is 5. The summed E-state index contributed by atoms with van der Waals surface area (Å²) in [7, 11) is 0. The number of hydrogen-bond donors (Lipinski definition) is 0. The molecule has 0 amide bonds. The summed E-state index contributed by atoms with van der Waals surface area (Å²) in [6.45, 7) is 7.75. The molecule has 25 heavy (non-hydrogen) atoms. The monoisotopic (exact) mass is 357 g/mol. The van der Waals surface area contributed by atoms with Crippen LogP contribution in [0.5, 0.6) is 0 Å². The molecule has 2 aromatic heterocycles. The van der Waals surface area contributed by atoms with Crippen LogP contribution in [0.15, 0.2) is 27.7 Å². The lowest BCUT2D eigenvalue weighted by atomic mass is 10.2. The average molecular weight is 357 g/mol. The van der Waals surface area contributed by atoms with Crippen LogP contribution in [0, 0.1) is 18.3 Å². The van der Waals surface area contributed by atoms with Crippen molar-refractivity contribution in [1.82, 2.24) is 19.9 Å². The van der Waals surface area contributed by atoms with Gasteiger partial charge in [-0.05, 0) is 44.8 Å². The Morgan fingerprint density at radius 3 is 2.48 bits per heavy atom. The molecule has 3 heterocycles. The van der Waals surface area contributed by atoms with Gasteiger partial charge in [0.05, 0.1) is 17.0 Å². The number of nitrogens with zero attached hydrogens (tertiary/aromatic N) is 5. The fraction of sp³-hybridized carbons (Fsp3) is 0.500. The Morgan fingerprint density at radius 1 is 1.16 bits per heavy atom. The lowest BCUT2D eigenvalue weighted by Crippen LogP contribution is -2.30. The number of aryl methyl sites for hydroxylation is 1. The molecule has 1 fully saturated rings. The highest BCUT2D eigenvalue weighted by molar-refractivity contribution is 7.98. The summed E-state index contributed by atoms with van der Waals surface area (Å²) in [6, 6.07) is 8.06. The van der Waals surface area contributed by atoms with Gasteiger partial charge in [-0.2, -0.15) is 5.26 Å². The largest absolute Gasteiger partial charge is 0.361 e. The zero-order valence-electron chi connectivity index (χ0n) is 14.7. The van der Waals surface area contributed by atoms with Crippen molar-refractivity contribution >= 4 is 11.8 Å². The van der Waals surface area contributed by atoms with Gasteiger partial charge in [-0.15, -0.1) is 11.8 Å². The second kappa shape index (κ2) is 8.48. The third-order valence-corrected chi connectivity index (χ3v) is 5.06. The molecule has 0 radical (unpaired) electrons. The minimum atomic E-state index is 0.654. The van der Waals surface area contributed by atoms with E-state index >= 15 is 0 Å². The highest BCUT2D eigenvalue weighted by Gasteiger charge is 2.17. The van der Waals surface area contributed by atoms with Crippen molar-refractivity contribution < 1.29 is 4.52 Å². The first-order valence-electron chi connectivity index (χ1n) is 8.49. The van der Waals surface area contributed by atoms with Crippen molar-refractivity contribution in [3.63, 3.8) is 0 Å². The maximum absolute atomic E-state index is 9.12. The minimum Gasteiger partial charge on any atom is -0.361 e. The molecule has 0 bridgehead atoms. The molecule has 132 valence electrons. The number of thioether (sulfide) groups is 1. The smallest absolute Gasteiger partial charge is 0.133 e. The summed E-state index contributed by atoms with van der Waals surface area (Å²) in [6.07, 6.45) is 3.09. The summed E-state index contributed by atoms with van der Waals surface area (Å²) in [5.74, 6) is 0.864. The molecule has 1 saturated heterocycles. The van der Waals surface area contributed by atoms with E-state index in [1.165, 1.54) is 11.8 Å². The van der Waals surface area contributed by atoms with Crippen LogP contribution in [-0.2, 0) is 13.1 Å². The van der Waals surface area contributed by atoms with E-state index in [-0.39, 0.29) is 0 Å². The van der Waals surface area contributed by atoms with Crippen molar-refractivity contribution in [3.05, 3.63) is 40.9 Å². The van der Waals surface area contributed by atoms with E-state index in [2.05, 4.69) is 26.0 Å². The Balaban J connectivity index is 1.57. The van der Waals surface area contributed by atoms with Gasteiger partial charge in [-0.25, -0.2) is 4.98 Å². The lowest BCUT2D eigenvalue weighted by molar-refractivity contribution is 0.240. The lowest BCUT2D eigenvalue weighted by Gasteiger charge is -2.21. The van der Waals surface area contributed by atoms with Crippen LogP contribution < -0.4 is 0 Å². The van der Waals surface area contributed by atoms with Crippen LogP contribution in [0.25, 0.3) is 0 Å². The molecule has 6 nitrogen and oxygen atoms in total. The van der Waals surface area contributed by atoms with Crippen LogP contribution in [0.3, 0.4) is 0 Å². The van der Waals surface area contributed by atoms with E-state index in [9.17, 15) is 0 Å². The van der Waals surface area contributed by atoms with Crippen molar-refractivity contribution in [3.8, 4) is 6.07 Å². The second-order valence-electron chi connectivity index (χ2n) is 6.31. The third kappa shape index (κ3) is 4.82. The van der Waals surface area contributed by atoms with E-state index in [1.807, 2.05) is 31.4 Å². The fourth-order valence-electron chi connectivity index (χ4n) is 3.10. The summed E-state index contributed by atoms with van der Waals surface area (Å²) in [5, 5.41) is 14.0. The summed E-state index contributed by atoms with van der Waals surface area (Å²) < 4.78 is 5.16. The normalized spacial score (nSPS) is 16.5. The first-order valence-corrected chi connectivity index (χ1v) is 9.71. The van der Waals surface area contributed by atoms with Gasteiger partial charge in [0.1, 0.15) is 16.9 Å². The van der Waals surface area contributed by atoms with Gasteiger partial charge in [0, 0.05) is 32.2 Å². The SMILES string of the molecule is CSc1nc(CN2CCCN(Cc3cc(C)on3)CC2)ccc1C#N. The molecule has 7 heteroatoms.